The Morgan fingerprint density at radius 3 is 0.792 bits per heavy atom. The van der Waals surface area contributed by atoms with Crippen LogP contribution in [0.1, 0.15) is 297 Å². The van der Waals surface area contributed by atoms with E-state index in [1.165, 1.54) is 19.3 Å². The highest BCUT2D eigenvalue weighted by Gasteiger charge is 2.30. The van der Waals surface area contributed by atoms with E-state index < -0.39 is 97.5 Å². The van der Waals surface area contributed by atoms with Gasteiger partial charge in [-0.15, -0.1) is 0 Å². The lowest BCUT2D eigenvalue weighted by atomic mass is 10.1. The first kappa shape index (κ1) is 100. The van der Waals surface area contributed by atoms with Crippen molar-refractivity contribution in [2.45, 2.75) is 316 Å². The van der Waals surface area contributed by atoms with Crippen molar-refractivity contribution in [3.8, 4) is 0 Å². The number of allylic oxidation sites excluding steroid dienone is 28. The van der Waals surface area contributed by atoms with Gasteiger partial charge >= 0.3 is 39.5 Å². The maximum absolute atomic E-state index is 13.1. The number of esters is 4. The van der Waals surface area contributed by atoms with Crippen molar-refractivity contribution in [2.24, 2.45) is 0 Å². The Labute approximate surface area is 642 Å². The molecule has 0 fully saturated rings. The van der Waals surface area contributed by atoms with Crippen LogP contribution >= 0.6 is 15.6 Å². The SMILES string of the molecule is CC/C=C\C/C=C\C/C=C\C/C=C\C/C=C\CCCC(=O)OC(COC(=O)CCCCCCCC/C=C\C/C=C\C/C=C\CCCCC)COP(=O)(O)OCC(O)COP(=O)(O)OCC(COC(=O)CCCCCCC/C=C\C/C=C\C/C=C\CC)OC(=O)CCCCCCC/C=C\C/C=C\C/C=C\CC. The lowest BCUT2D eigenvalue weighted by molar-refractivity contribution is -0.161. The number of ether oxygens (including phenoxy) is 4. The number of phosphoric acid groups is 2. The fourth-order valence-electron chi connectivity index (χ4n) is 10.1. The number of rotatable bonds is 74. The number of carbonyl (C=O) groups excluding carboxylic acids is 4. The Balaban J connectivity index is 5.47. The van der Waals surface area contributed by atoms with Gasteiger partial charge in [0, 0.05) is 25.7 Å². The third-order valence-electron chi connectivity index (χ3n) is 16.2. The molecule has 0 saturated carbocycles. The highest BCUT2D eigenvalue weighted by Crippen LogP contribution is 2.45. The Morgan fingerprint density at radius 1 is 0.274 bits per heavy atom. The van der Waals surface area contributed by atoms with E-state index in [9.17, 15) is 43.2 Å². The molecule has 0 heterocycles. The van der Waals surface area contributed by atoms with Crippen LogP contribution in [0.3, 0.4) is 0 Å². The molecule has 0 rings (SSSR count). The van der Waals surface area contributed by atoms with E-state index in [-0.39, 0.29) is 25.7 Å². The van der Waals surface area contributed by atoms with Gasteiger partial charge in [0.2, 0.25) is 0 Å². The molecule has 106 heavy (non-hydrogen) atoms. The molecule has 0 aromatic heterocycles. The van der Waals surface area contributed by atoms with Crippen LogP contribution in [0.15, 0.2) is 170 Å². The summed E-state index contributed by atoms with van der Waals surface area (Å²) in [6, 6.07) is 0. The topological polar surface area (TPSA) is 237 Å². The molecule has 0 aromatic rings. The average molecular weight is 1520 g/mol. The summed E-state index contributed by atoms with van der Waals surface area (Å²) in [5.41, 5.74) is 0. The number of carbonyl (C=O) groups is 4. The Bertz CT molecular complexity index is 2680. The van der Waals surface area contributed by atoms with Crippen LogP contribution in [-0.2, 0) is 65.4 Å². The number of hydrogen-bond acceptors (Lipinski definition) is 15. The zero-order chi connectivity index (χ0) is 77.4. The van der Waals surface area contributed by atoms with Gasteiger partial charge in [0.25, 0.3) is 0 Å². The van der Waals surface area contributed by atoms with Gasteiger partial charge in [0.05, 0.1) is 26.4 Å². The molecule has 0 amide bonds. The maximum atomic E-state index is 13.1. The number of hydrogen-bond donors (Lipinski definition) is 3. The minimum absolute atomic E-state index is 0.00719. The van der Waals surface area contributed by atoms with E-state index >= 15 is 0 Å². The second-order valence-corrected chi connectivity index (χ2v) is 29.1. The molecule has 602 valence electrons. The quantitative estimate of drug-likeness (QED) is 0.0169. The highest BCUT2D eigenvalue weighted by molar-refractivity contribution is 7.47. The summed E-state index contributed by atoms with van der Waals surface area (Å²) in [5.74, 6) is -2.31. The fourth-order valence-corrected chi connectivity index (χ4v) is 11.7. The first-order valence-corrected chi connectivity index (χ1v) is 43.4. The standard InChI is InChI=1S/C87H142O17P2/c1-5-9-13-17-21-25-29-33-37-39-40-42-45-48-52-56-60-64-68-72-85(90)98-78-83(104-87(92)74-70-66-62-58-54-50-46-41-38-34-30-26-22-18-14-10-6-2)80-102-106(95,96)100-76-81(88)75-99-105(93,94)101-79-82(103-86(91)73-69-65-61-57-53-49-44-36-32-28-24-20-16-12-8-4)77-97-84(89)71-67-63-59-55-51-47-43-35-31-27-23-19-15-11-7-3/h10-12,14-16,21-28,33-38,40,42-44,46,50,58,62,81-83,88H,5-9,13,17-20,29-32,39,41,45,47-49,51-57,59-61,63-80H2,1-4H3,(H,93,94)(H,95,96)/b14-10-,15-11-,16-12-,25-21-,26-22-,27-23-,28-24-,37-33-,38-34-,42-40-,43-35-,44-36-,50-46-,62-58-. The molecule has 0 aliphatic heterocycles. The van der Waals surface area contributed by atoms with E-state index in [0.29, 0.717) is 32.1 Å². The minimum atomic E-state index is -5.01. The normalized spacial score (nSPS) is 14.7. The molecule has 0 aliphatic rings. The molecule has 5 unspecified atom stereocenters. The summed E-state index contributed by atoms with van der Waals surface area (Å²) in [4.78, 5) is 73.1. The van der Waals surface area contributed by atoms with Gasteiger partial charge in [0.1, 0.15) is 19.3 Å². The van der Waals surface area contributed by atoms with Crippen molar-refractivity contribution < 1.29 is 80.2 Å². The Hall–Kier alpha value is -5.58. The van der Waals surface area contributed by atoms with Gasteiger partial charge in [-0.05, 0) is 167 Å². The van der Waals surface area contributed by atoms with Gasteiger partial charge in [-0.25, -0.2) is 9.13 Å². The monoisotopic (exact) mass is 1520 g/mol. The van der Waals surface area contributed by atoms with Crippen molar-refractivity contribution in [2.75, 3.05) is 39.6 Å². The molecule has 0 aliphatic carbocycles. The maximum Gasteiger partial charge on any atom is 0.472 e. The molecule has 0 spiro atoms. The number of aliphatic hydroxyl groups excluding tert-OH is 1. The van der Waals surface area contributed by atoms with Crippen molar-refractivity contribution in [1.82, 2.24) is 0 Å². The number of unbranched alkanes of at least 4 members (excludes halogenated alkanes) is 20. The molecule has 3 N–H and O–H groups in total. The first-order valence-electron chi connectivity index (χ1n) is 40.4. The summed E-state index contributed by atoms with van der Waals surface area (Å²) >= 11 is 0. The van der Waals surface area contributed by atoms with Crippen LogP contribution < -0.4 is 0 Å². The first-order chi connectivity index (χ1) is 51.7. The Morgan fingerprint density at radius 2 is 0.500 bits per heavy atom. The summed E-state index contributed by atoms with van der Waals surface area (Å²) in [6.45, 7) is 4.38. The third-order valence-corrected chi connectivity index (χ3v) is 18.1. The molecule has 19 heteroatoms. The van der Waals surface area contributed by atoms with Crippen LogP contribution in [0.4, 0.5) is 0 Å². The zero-order valence-electron chi connectivity index (χ0n) is 65.8. The van der Waals surface area contributed by atoms with E-state index in [2.05, 4.69) is 186 Å². The van der Waals surface area contributed by atoms with Crippen molar-refractivity contribution >= 4 is 39.5 Å². The predicted molar refractivity (Wildman–Crippen MR) is 436 cm³/mol. The van der Waals surface area contributed by atoms with Crippen LogP contribution in [0.5, 0.6) is 0 Å². The predicted octanol–water partition coefficient (Wildman–Crippen LogP) is 23.8. The molecule has 0 radical (unpaired) electrons. The lowest BCUT2D eigenvalue weighted by Gasteiger charge is -2.21. The average Bonchev–Trinajstić information content (AvgIpc) is 0.907. The zero-order valence-corrected chi connectivity index (χ0v) is 67.6. The van der Waals surface area contributed by atoms with Crippen LogP contribution in [0.25, 0.3) is 0 Å². The largest absolute Gasteiger partial charge is 0.472 e. The molecule has 5 atom stereocenters. The minimum Gasteiger partial charge on any atom is -0.462 e. The van der Waals surface area contributed by atoms with Crippen LogP contribution in [-0.4, -0.2) is 96.7 Å². The summed E-state index contributed by atoms with van der Waals surface area (Å²) in [6.07, 6.45) is 91.9. The van der Waals surface area contributed by atoms with E-state index in [4.69, 9.17) is 37.0 Å². The van der Waals surface area contributed by atoms with Crippen LogP contribution in [0, 0.1) is 0 Å². The highest BCUT2D eigenvalue weighted by atomic mass is 31.2. The van der Waals surface area contributed by atoms with E-state index in [1.807, 2.05) is 12.2 Å². The smallest absolute Gasteiger partial charge is 0.462 e. The molecule has 0 saturated heterocycles. The van der Waals surface area contributed by atoms with Gasteiger partial charge in [-0.3, -0.25) is 37.3 Å². The van der Waals surface area contributed by atoms with Gasteiger partial charge < -0.3 is 33.8 Å². The van der Waals surface area contributed by atoms with Gasteiger partial charge in [-0.2, -0.15) is 0 Å². The van der Waals surface area contributed by atoms with Crippen LogP contribution in [0.2, 0.25) is 0 Å². The third kappa shape index (κ3) is 76.6. The van der Waals surface area contributed by atoms with Gasteiger partial charge in [-0.1, -0.05) is 275 Å². The Kier molecular flexibility index (Phi) is 73.5. The summed E-state index contributed by atoms with van der Waals surface area (Å²) in [7, 11) is -10.0. The second-order valence-electron chi connectivity index (χ2n) is 26.2. The molecule has 17 nitrogen and oxygen atoms in total. The lowest BCUT2D eigenvalue weighted by Crippen LogP contribution is -2.30. The molecule has 0 bridgehead atoms. The molecular formula is C87H142O17P2. The molecule has 0 aromatic carbocycles. The second kappa shape index (κ2) is 77.6. The van der Waals surface area contributed by atoms with Crippen molar-refractivity contribution in [3.63, 3.8) is 0 Å². The summed E-state index contributed by atoms with van der Waals surface area (Å²) < 4.78 is 68.6. The number of aliphatic hydroxyl groups is 1. The van der Waals surface area contributed by atoms with E-state index in [1.54, 1.807) is 0 Å². The summed E-state index contributed by atoms with van der Waals surface area (Å²) in [5, 5.41) is 10.6. The number of phosphoric ester groups is 2. The van der Waals surface area contributed by atoms with Crippen molar-refractivity contribution in [3.05, 3.63) is 170 Å². The molecular weight excluding hydrogens is 1380 g/mol. The van der Waals surface area contributed by atoms with Gasteiger partial charge in [0.15, 0.2) is 12.2 Å². The van der Waals surface area contributed by atoms with E-state index in [0.717, 1.165) is 193 Å². The fraction of sp³-hybridized carbons (Fsp3) is 0.632. The van der Waals surface area contributed by atoms with Crippen molar-refractivity contribution in [1.29, 1.82) is 0 Å².